The third-order valence-electron chi connectivity index (χ3n) is 3.10. The van der Waals surface area contributed by atoms with Crippen LogP contribution in [0.2, 0.25) is 0 Å². The van der Waals surface area contributed by atoms with Gasteiger partial charge in [-0.05, 0) is 45.3 Å². The van der Waals surface area contributed by atoms with Crippen molar-refractivity contribution in [3.63, 3.8) is 0 Å². The molecule has 0 radical (unpaired) electrons. The molecule has 0 bridgehead atoms. The number of hydrogen-bond acceptors (Lipinski definition) is 1. The van der Waals surface area contributed by atoms with Crippen molar-refractivity contribution in [1.82, 2.24) is 4.90 Å². The summed E-state index contributed by atoms with van der Waals surface area (Å²) in [5.74, 6) is 0. The summed E-state index contributed by atoms with van der Waals surface area (Å²) in [5, 5.41) is 0. The molecule has 14 heavy (non-hydrogen) atoms. The van der Waals surface area contributed by atoms with E-state index in [1.54, 1.807) is 0 Å². The van der Waals surface area contributed by atoms with E-state index in [0.29, 0.717) is 5.54 Å². The molecule has 0 aliphatic heterocycles. The predicted molar refractivity (Wildman–Crippen MR) is 72.5 cm³/mol. The number of nitrogens with zero attached hydrogens (tertiary/aromatic N) is 1. The molecule has 0 rings (SSSR count). The highest BCUT2D eigenvalue weighted by atomic mass is 28.1. The third-order valence-corrected chi connectivity index (χ3v) is 3.10. The van der Waals surface area contributed by atoms with Crippen molar-refractivity contribution in [2.45, 2.75) is 64.8 Å². The summed E-state index contributed by atoms with van der Waals surface area (Å²) in [5.41, 5.74) is 0.381. The molecule has 0 N–H and O–H groups in total. The Kier molecular flexibility index (Phi) is 10.1. The van der Waals surface area contributed by atoms with Crippen molar-refractivity contribution >= 4 is 11.0 Å². The first-order chi connectivity index (χ1) is 6.00. The van der Waals surface area contributed by atoms with Crippen LogP contribution in [0.1, 0.15) is 59.3 Å². The monoisotopic (exact) mass is 217 g/mol. The molecule has 0 spiro atoms. The molecule has 0 saturated carbocycles. The van der Waals surface area contributed by atoms with Crippen LogP contribution in [0, 0.1) is 0 Å². The van der Waals surface area contributed by atoms with Crippen LogP contribution in [0.25, 0.3) is 0 Å². The highest BCUT2D eigenvalue weighted by molar-refractivity contribution is 5.75. The average Bonchev–Trinajstić information content (AvgIpc) is 2.03. The molecule has 0 heterocycles. The first-order valence-electron chi connectivity index (χ1n) is 5.68. The van der Waals surface area contributed by atoms with Crippen molar-refractivity contribution in [1.29, 1.82) is 0 Å². The van der Waals surface area contributed by atoms with Crippen LogP contribution in [-0.2, 0) is 0 Å². The van der Waals surface area contributed by atoms with Gasteiger partial charge >= 0.3 is 0 Å². The zero-order chi connectivity index (χ0) is 10.3. The van der Waals surface area contributed by atoms with Crippen LogP contribution >= 0.6 is 0 Å². The van der Waals surface area contributed by atoms with Crippen molar-refractivity contribution in [2.24, 2.45) is 0 Å². The van der Waals surface area contributed by atoms with Gasteiger partial charge in [0, 0.05) is 5.54 Å². The summed E-state index contributed by atoms with van der Waals surface area (Å²) in [6.07, 6.45) is 8.28. The highest BCUT2D eigenvalue weighted by Gasteiger charge is 2.18. The smallest absolute Gasteiger partial charge is 0.0147 e. The lowest BCUT2D eigenvalue weighted by Crippen LogP contribution is -2.37. The minimum absolute atomic E-state index is 0. The summed E-state index contributed by atoms with van der Waals surface area (Å²) in [7, 11) is 4.35. The first kappa shape index (κ1) is 16.6. The summed E-state index contributed by atoms with van der Waals surface area (Å²) in [6, 6.07) is 0. The van der Waals surface area contributed by atoms with Crippen LogP contribution in [0.4, 0.5) is 0 Å². The summed E-state index contributed by atoms with van der Waals surface area (Å²) < 4.78 is 0. The Labute approximate surface area is 95.3 Å². The quantitative estimate of drug-likeness (QED) is 0.467. The van der Waals surface area contributed by atoms with E-state index in [1.807, 2.05) is 0 Å². The molecule has 0 amide bonds. The molecule has 0 aliphatic rings. The minimum Gasteiger partial charge on any atom is -0.304 e. The summed E-state index contributed by atoms with van der Waals surface area (Å²) in [4.78, 5) is 2.33. The zero-order valence-electron chi connectivity index (χ0n) is 10.2. The SMILES string of the molecule is CCCCCCCC(C)(C)N(C)C.[SiH4]. The lowest BCUT2D eigenvalue weighted by atomic mass is 9.95. The maximum Gasteiger partial charge on any atom is 0.0147 e. The first-order valence-corrected chi connectivity index (χ1v) is 5.68. The second-order valence-corrected chi connectivity index (χ2v) is 4.87. The van der Waals surface area contributed by atoms with Crippen LogP contribution in [0.3, 0.4) is 0 Å². The Bertz CT molecular complexity index is 121. The fourth-order valence-electron chi connectivity index (χ4n) is 1.38. The van der Waals surface area contributed by atoms with E-state index in [2.05, 4.69) is 39.8 Å². The lowest BCUT2D eigenvalue weighted by molar-refractivity contribution is 0.177. The van der Waals surface area contributed by atoms with E-state index in [4.69, 9.17) is 0 Å². The van der Waals surface area contributed by atoms with Crippen molar-refractivity contribution in [3.05, 3.63) is 0 Å². The second-order valence-electron chi connectivity index (χ2n) is 4.87. The molecule has 0 aromatic heterocycles. The van der Waals surface area contributed by atoms with Gasteiger partial charge in [0.05, 0.1) is 0 Å². The standard InChI is InChI=1S/C12H27N.H4Si/c1-6-7-8-9-10-11-12(2,3)13(4)5;/h6-11H2,1-5H3;1H4. The normalized spacial score (nSPS) is 11.6. The van der Waals surface area contributed by atoms with Gasteiger partial charge in [0.25, 0.3) is 0 Å². The van der Waals surface area contributed by atoms with Gasteiger partial charge in [-0.25, -0.2) is 0 Å². The van der Waals surface area contributed by atoms with E-state index in [9.17, 15) is 0 Å². The molecular weight excluding hydrogens is 186 g/mol. The molecule has 0 aliphatic carbocycles. The van der Waals surface area contributed by atoms with Gasteiger partial charge in [-0.3, -0.25) is 0 Å². The molecule has 88 valence electrons. The molecule has 0 unspecified atom stereocenters. The highest BCUT2D eigenvalue weighted by Crippen LogP contribution is 2.19. The molecule has 0 aromatic carbocycles. The minimum atomic E-state index is 0. The van der Waals surface area contributed by atoms with E-state index in [1.165, 1.54) is 38.5 Å². The maximum atomic E-state index is 2.33. The number of unbranched alkanes of at least 4 members (excludes halogenated alkanes) is 4. The predicted octanol–water partition coefficient (Wildman–Crippen LogP) is 2.24. The van der Waals surface area contributed by atoms with Crippen LogP contribution in [0.15, 0.2) is 0 Å². The van der Waals surface area contributed by atoms with Gasteiger partial charge in [0.2, 0.25) is 0 Å². The van der Waals surface area contributed by atoms with Gasteiger partial charge in [-0.2, -0.15) is 0 Å². The Hall–Kier alpha value is 0.177. The largest absolute Gasteiger partial charge is 0.304 e. The Balaban J connectivity index is 0. The molecule has 0 aromatic rings. The maximum absolute atomic E-state index is 2.33. The number of rotatable bonds is 7. The van der Waals surface area contributed by atoms with Crippen molar-refractivity contribution < 1.29 is 0 Å². The molecule has 0 atom stereocenters. The van der Waals surface area contributed by atoms with Crippen LogP contribution in [-0.4, -0.2) is 35.5 Å². The molecule has 0 fully saturated rings. The number of hydrogen-bond donors (Lipinski definition) is 0. The average molecular weight is 217 g/mol. The van der Waals surface area contributed by atoms with Crippen LogP contribution in [0.5, 0.6) is 0 Å². The molecule has 0 saturated heterocycles. The second kappa shape index (κ2) is 8.48. The van der Waals surface area contributed by atoms with E-state index in [-0.39, 0.29) is 11.0 Å². The van der Waals surface area contributed by atoms with Gasteiger partial charge < -0.3 is 4.90 Å². The zero-order valence-corrected chi connectivity index (χ0v) is 10.2. The van der Waals surface area contributed by atoms with Gasteiger partial charge in [0.1, 0.15) is 0 Å². The Morgan fingerprint density at radius 3 is 1.86 bits per heavy atom. The van der Waals surface area contributed by atoms with Crippen molar-refractivity contribution in [2.75, 3.05) is 14.1 Å². The fourth-order valence-corrected chi connectivity index (χ4v) is 1.38. The summed E-state index contributed by atoms with van der Waals surface area (Å²) in [6.45, 7) is 6.92. The van der Waals surface area contributed by atoms with Gasteiger partial charge in [-0.1, -0.05) is 39.0 Å². The fraction of sp³-hybridized carbons (Fsp3) is 1.00. The van der Waals surface area contributed by atoms with Crippen molar-refractivity contribution in [3.8, 4) is 0 Å². The third kappa shape index (κ3) is 7.57. The molecule has 1 nitrogen and oxygen atoms in total. The van der Waals surface area contributed by atoms with Gasteiger partial charge in [-0.15, -0.1) is 0 Å². The lowest BCUT2D eigenvalue weighted by Gasteiger charge is -2.32. The van der Waals surface area contributed by atoms with E-state index >= 15 is 0 Å². The molecule has 2 heteroatoms. The Morgan fingerprint density at radius 2 is 1.43 bits per heavy atom. The van der Waals surface area contributed by atoms with E-state index < -0.39 is 0 Å². The van der Waals surface area contributed by atoms with Crippen LogP contribution < -0.4 is 0 Å². The Morgan fingerprint density at radius 1 is 0.929 bits per heavy atom. The van der Waals surface area contributed by atoms with Gasteiger partial charge in [0.15, 0.2) is 0 Å². The summed E-state index contributed by atoms with van der Waals surface area (Å²) >= 11 is 0. The molecular formula is C12H31NSi. The topological polar surface area (TPSA) is 3.24 Å². The van der Waals surface area contributed by atoms with E-state index in [0.717, 1.165) is 0 Å².